The van der Waals surface area contributed by atoms with Gasteiger partial charge in [-0.1, -0.05) is 6.07 Å². The van der Waals surface area contributed by atoms with Gasteiger partial charge >= 0.3 is 6.98 Å². The van der Waals surface area contributed by atoms with Crippen molar-refractivity contribution in [2.45, 2.75) is 6.92 Å². The van der Waals surface area contributed by atoms with Gasteiger partial charge in [0.05, 0.1) is 0 Å². The molecule has 0 unspecified atom stereocenters. The summed E-state index contributed by atoms with van der Waals surface area (Å²) in [5.41, 5.74) is 0.386. The highest BCUT2D eigenvalue weighted by molar-refractivity contribution is 6.59. The van der Waals surface area contributed by atoms with Gasteiger partial charge in [-0.25, -0.2) is 0 Å². The van der Waals surface area contributed by atoms with E-state index >= 15 is 0 Å². The zero-order chi connectivity index (χ0) is 11.5. The van der Waals surface area contributed by atoms with Crippen molar-refractivity contribution in [2.75, 3.05) is 17.9 Å². The number of aromatic hydroxyl groups is 1. The quantitative estimate of drug-likeness (QED) is 0.785. The van der Waals surface area contributed by atoms with Crippen LogP contribution in [-0.2, 0) is 0 Å². The third-order valence-corrected chi connectivity index (χ3v) is 2.00. The first-order chi connectivity index (χ1) is 6.92. The zero-order valence-corrected chi connectivity index (χ0v) is 8.33. The minimum absolute atomic E-state index is 0.0272. The Hall–Kier alpha value is -1.33. The maximum Gasteiger partial charge on any atom is 0.497 e. The second kappa shape index (κ2) is 4.46. The van der Waals surface area contributed by atoms with E-state index in [2.05, 4.69) is 0 Å². The van der Waals surface area contributed by atoms with Crippen molar-refractivity contribution < 1.29 is 18.1 Å². The van der Waals surface area contributed by atoms with Crippen molar-refractivity contribution in [1.29, 1.82) is 0 Å². The van der Waals surface area contributed by atoms with Crippen molar-refractivity contribution in [3.8, 4) is 5.75 Å². The van der Waals surface area contributed by atoms with E-state index in [0.717, 1.165) is 0 Å². The predicted molar refractivity (Wildman–Crippen MR) is 55.1 cm³/mol. The molecule has 0 heterocycles. The number of anilines is 1. The largest absolute Gasteiger partial charge is 0.508 e. The molecule has 0 saturated carbocycles. The van der Waals surface area contributed by atoms with Crippen LogP contribution in [0.5, 0.6) is 5.75 Å². The van der Waals surface area contributed by atoms with Gasteiger partial charge in [-0.3, -0.25) is 0 Å². The Kier molecular flexibility index (Phi) is 3.50. The molecule has 15 heavy (non-hydrogen) atoms. The van der Waals surface area contributed by atoms with Gasteiger partial charge in [-0.15, -0.1) is 0 Å². The van der Waals surface area contributed by atoms with E-state index in [9.17, 15) is 12.9 Å². The number of hydrogen-bond acceptors (Lipinski definition) is 2. The standard InChI is InChI=1S/C9H12BF3NO/c1-2-14(7-10(11,12)13)8-4-3-5-9(15)6-8/h3-6,15H,2,7H2,1H3/q-1. The monoisotopic (exact) mass is 218 g/mol. The van der Waals surface area contributed by atoms with Crippen LogP contribution in [0.1, 0.15) is 6.92 Å². The van der Waals surface area contributed by atoms with E-state index in [1.807, 2.05) is 0 Å². The Morgan fingerprint density at radius 1 is 1.33 bits per heavy atom. The van der Waals surface area contributed by atoms with Gasteiger partial charge < -0.3 is 23.0 Å². The van der Waals surface area contributed by atoms with Gasteiger partial charge in [-0.2, -0.15) is 0 Å². The summed E-state index contributed by atoms with van der Waals surface area (Å²) in [6, 6.07) is 5.82. The summed E-state index contributed by atoms with van der Waals surface area (Å²) in [7, 11) is 0. The molecule has 2 nitrogen and oxygen atoms in total. The third-order valence-electron chi connectivity index (χ3n) is 2.00. The molecule has 1 aromatic carbocycles. The number of halogens is 3. The van der Waals surface area contributed by atoms with E-state index in [1.165, 1.54) is 23.1 Å². The number of benzene rings is 1. The molecule has 0 atom stereocenters. The molecule has 0 amide bonds. The fourth-order valence-electron chi connectivity index (χ4n) is 1.36. The van der Waals surface area contributed by atoms with Crippen molar-refractivity contribution in [2.24, 2.45) is 0 Å². The highest BCUT2D eigenvalue weighted by Crippen LogP contribution is 2.22. The minimum atomic E-state index is -4.85. The van der Waals surface area contributed by atoms with Gasteiger partial charge in [-0.05, 0) is 25.5 Å². The van der Waals surface area contributed by atoms with Crippen LogP contribution < -0.4 is 4.90 Å². The summed E-state index contributed by atoms with van der Waals surface area (Å²) in [6.07, 6.45) is -0.944. The zero-order valence-electron chi connectivity index (χ0n) is 8.33. The van der Waals surface area contributed by atoms with E-state index < -0.39 is 13.4 Å². The van der Waals surface area contributed by atoms with Crippen LogP contribution >= 0.6 is 0 Å². The smallest absolute Gasteiger partial charge is 0.497 e. The second-order valence-electron chi connectivity index (χ2n) is 3.27. The highest BCUT2D eigenvalue weighted by Gasteiger charge is 2.26. The molecule has 0 aliphatic rings. The third kappa shape index (κ3) is 3.73. The van der Waals surface area contributed by atoms with Crippen LogP contribution in [-0.4, -0.2) is 25.1 Å². The molecule has 0 aliphatic carbocycles. The summed E-state index contributed by atoms with van der Waals surface area (Å²) in [5.74, 6) is -0.0272. The van der Waals surface area contributed by atoms with Crippen molar-refractivity contribution in [3.63, 3.8) is 0 Å². The van der Waals surface area contributed by atoms with Crippen LogP contribution in [0.4, 0.5) is 18.6 Å². The second-order valence-corrected chi connectivity index (χ2v) is 3.27. The Bertz CT molecular complexity index is 329. The van der Waals surface area contributed by atoms with Gasteiger partial charge in [0.2, 0.25) is 0 Å². The summed E-state index contributed by atoms with van der Waals surface area (Å²) in [4.78, 5) is 1.18. The molecule has 1 rings (SSSR count). The molecule has 0 aliphatic heterocycles. The number of nitrogens with zero attached hydrogens (tertiary/aromatic N) is 1. The minimum Gasteiger partial charge on any atom is -0.508 e. The molecule has 84 valence electrons. The van der Waals surface area contributed by atoms with E-state index in [0.29, 0.717) is 5.69 Å². The summed E-state index contributed by atoms with van der Waals surface area (Å²) >= 11 is 0. The van der Waals surface area contributed by atoms with Gasteiger partial charge in [0.15, 0.2) is 0 Å². The van der Waals surface area contributed by atoms with Crippen LogP contribution in [0, 0.1) is 0 Å². The van der Waals surface area contributed by atoms with Crippen molar-refractivity contribution in [3.05, 3.63) is 24.3 Å². The Labute approximate surface area is 86.4 Å². The summed E-state index contributed by atoms with van der Waals surface area (Å²) in [5, 5.41) is 9.15. The maximum absolute atomic E-state index is 12.2. The first-order valence-electron chi connectivity index (χ1n) is 4.67. The van der Waals surface area contributed by atoms with Gasteiger partial charge in [0, 0.05) is 18.3 Å². The average Bonchev–Trinajstić information content (AvgIpc) is 2.13. The molecule has 1 aromatic rings. The molecule has 0 bridgehead atoms. The van der Waals surface area contributed by atoms with Gasteiger partial charge in [0.25, 0.3) is 0 Å². The van der Waals surface area contributed by atoms with Crippen LogP contribution in [0.15, 0.2) is 24.3 Å². The molecule has 0 spiro atoms. The van der Waals surface area contributed by atoms with Crippen molar-refractivity contribution in [1.82, 2.24) is 0 Å². The molecule has 0 aromatic heterocycles. The summed E-state index contributed by atoms with van der Waals surface area (Å²) in [6.45, 7) is -2.95. The molecular formula is C9H12BF3NO-. The molecule has 0 radical (unpaired) electrons. The first-order valence-corrected chi connectivity index (χ1v) is 4.67. The van der Waals surface area contributed by atoms with Crippen LogP contribution in [0.2, 0.25) is 0 Å². The van der Waals surface area contributed by atoms with Crippen LogP contribution in [0.25, 0.3) is 0 Å². The molecule has 0 saturated heterocycles. The SMILES string of the molecule is CCN(C[B-](F)(F)F)c1cccc(O)c1. The average molecular weight is 218 g/mol. The van der Waals surface area contributed by atoms with E-state index in [1.54, 1.807) is 13.0 Å². The number of phenols is 1. The number of rotatable bonds is 4. The Morgan fingerprint density at radius 3 is 2.47 bits per heavy atom. The topological polar surface area (TPSA) is 23.5 Å². The molecule has 1 N–H and O–H groups in total. The maximum atomic E-state index is 12.2. The molecule has 0 fully saturated rings. The lowest BCUT2D eigenvalue weighted by molar-refractivity contribution is 0.465. The van der Waals surface area contributed by atoms with Crippen molar-refractivity contribution >= 4 is 12.7 Å². The predicted octanol–water partition coefficient (Wildman–Crippen LogP) is 2.61. The Morgan fingerprint density at radius 2 is 2.00 bits per heavy atom. The molecular weight excluding hydrogens is 206 g/mol. The highest BCUT2D eigenvalue weighted by atomic mass is 19.4. The lowest BCUT2D eigenvalue weighted by Gasteiger charge is -2.28. The normalized spacial score (nSPS) is 11.5. The lowest BCUT2D eigenvalue weighted by atomic mass is 9.91. The number of phenolic OH excluding ortho intramolecular Hbond substituents is 1. The van der Waals surface area contributed by atoms with E-state index in [-0.39, 0.29) is 12.3 Å². The first kappa shape index (κ1) is 11.7. The van der Waals surface area contributed by atoms with Gasteiger partial charge in [0.1, 0.15) is 5.75 Å². The summed E-state index contributed by atoms with van der Waals surface area (Å²) < 4.78 is 36.7. The fourth-order valence-corrected chi connectivity index (χ4v) is 1.36. The van der Waals surface area contributed by atoms with E-state index in [4.69, 9.17) is 5.11 Å². The van der Waals surface area contributed by atoms with Crippen LogP contribution in [0.3, 0.4) is 0 Å². The molecule has 6 heteroatoms. The lowest BCUT2D eigenvalue weighted by Crippen LogP contribution is -2.37. The Balaban J connectivity index is 2.83. The fraction of sp³-hybridized carbons (Fsp3) is 0.333. The number of hydrogen-bond donors (Lipinski definition) is 1.